The summed E-state index contributed by atoms with van der Waals surface area (Å²) in [5, 5.41) is 10.9. The molecule has 0 aliphatic rings. The molecule has 0 radical (unpaired) electrons. The molecule has 2 N–H and O–H groups in total. The minimum Gasteiger partial charge on any atom is -0.444 e. The van der Waals surface area contributed by atoms with E-state index in [9.17, 15) is 9.59 Å². The molecule has 0 unspecified atom stereocenters. The van der Waals surface area contributed by atoms with Crippen LogP contribution in [-0.2, 0) is 4.74 Å². The molecular weight excluding hydrogens is 318 g/mol. The van der Waals surface area contributed by atoms with Gasteiger partial charge >= 0.3 is 6.09 Å². The van der Waals surface area contributed by atoms with Crippen LogP contribution in [0.1, 0.15) is 31.3 Å². The van der Waals surface area contributed by atoms with Gasteiger partial charge in [0.05, 0.1) is 4.88 Å². The average molecular weight is 337 g/mol. The van der Waals surface area contributed by atoms with E-state index < -0.39 is 11.7 Å². The molecule has 23 heavy (non-hydrogen) atoms. The molecule has 0 saturated carbocycles. The summed E-state index contributed by atoms with van der Waals surface area (Å²) in [6.07, 6.45) is -0.520. The first-order chi connectivity index (χ1) is 10.8. The molecule has 0 saturated heterocycles. The van der Waals surface area contributed by atoms with E-state index in [1.54, 1.807) is 26.8 Å². The molecule has 2 heterocycles. The molecule has 0 spiro atoms. The highest BCUT2D eigenvalue weighted by Gasteiger charge is 2.16. The lowest BCUT2D eigenvalue weighted by Crippen LogP contribution is -2.37. The monoisotopic (exact) mass is 337 g/mol. The second-order valence-electron chi connectivity index (χ2n) is 5.74. The third-order valence-corrected chi connectivity index (χ3v) is 3.47. The second kappa shape index (κ2) is 7.28. The van der Waals surface area contributed by atoms with Gasteiger partial charge in [0.1, 0.15) is 5.60 Å². The Labute approximate surface area is 138 Å². The van der Waals surface area contributed by atoms with E-state index in [0.29, 0.717) is 5.76 Å². The van der Waals surface area contributed by atoms with Gasteiger partial charge < -0.3 is 19.9 Å². The molecule has 2 amide bonds. The van der Waals surface area contributed by atoms with Crippen LogP contribution in [0.25, 0.3) is 10.6 Å². The third-order valence-electron chi connectivity index (χ3n) is 2.59. The normalized spacial score (nSPS) is 11.1. The van der Waals surface area contributed by atoms with Gasteiger partial charge in [-0.3, -0.25) is 4.79 Å². The number of rotatable bonds is 5. The van der Waals surface area contributed by atoms with Crippen LogP contribution < -0.4 is 10.6 Å². The van der Waals surface area contributed by atoms with Gasteiger partial charge in [-0.05, 0) is 32.2 Å². The zero-order chi connectivity index (χ0) is 16.9. The summed E-state index contributed by atoms with van der Waals surface area (Å²) in [4.78, 5) is 24.3. The van der Waals surface area contributed by atoms with Crippen molar-refractivity contribution in [3.8, 4) is 10.6 Å². The van der Waals surface area contributed by atoms with Crippen LogP contribution >= 0.6 is 11.3 Å². The first-order valence-electron chi connectivity index (χ1n) is 7.11. The molecule has 2 aromatic rings. The number of hydrogen-bond acceptors (Lipinski definition) is 6. The van der Waals surface area contributed by atoms with Crippen molar-refractivity contribution in [1.82, 2.24) is 15.8 Å². The Balaban J connectivity index is 1.74. The Morgan fingerprint density at radius 1 is 1.30 bits per heavy atom. The van der Waals surface area contributed by atoms with Crippen LogP contribution in [0.5, 0.6) is 0 Å². The Kier molecular flexibility index (Phi) is 5.38. The molecule has 124 valence electrons. The zero-order valence-electron chi connectivity index (χ0n) is 13.2. The standard InChI is InChI=1S/C15H19N3O4S/c1-15(2,3)21-14(20)17-7-6-16-13(19)10-9-11(22-18-10)12-5-4-8-23-12/h4-5,8-9H,6-7H2,1-3H3,(H,16,19)(H,17,20). The lowest BCUT2D eigenvalue weighted by Gasteiger charge is -2.19. The Morgan fingerprint density at radius 2 is 2.04 bits per heavy atom. The quantitative estimate of drug-likeness (QED) is 0.818. The highest BCUT2D eigenvalue weighted by atomic mass is 32.1. The molecule has 0 aliphatic carbocycles. The number of hydrogen-bond donors (Lipinski definition) is 2. The van der Waals surface area contributed by atoms with Gasteiger partial charge in [0.25, 0.3) is 5.91 Å². The summed E-state index contributed by atoms with van der Waals surface area (Å²) in [6.45, 7) is 5.87. The van der Waals surface area contributed by atoms with Gasteiger partial charge in [0, 0.05) is 19.2 Å². The highest BCUT2D eigenvalue weighted by molar-refractivity contribution is 7.13. The van der Waals surface area contributed by atoms with E-state index in [1.807, 2.05) is 17.5 Å². The van der Waals surface area contributed by atoms with Crippen LogP contribution in [0.3, 0.4) is 0 Å². The smallest absolute Gasteiger partial charge is 0.407 e. The maximum Gasteiger partial charge on any atom is 0.407 e. The fourth-order valence-electron chi connectivity index (χ4n) is 1.66. The summed E-state index contributed by atoms with van der Waals surface area (Å²) < 4.78 is 10.2. The van der Waals surface area contributed by atoms with Gasteiger partial charge in [-0.15, -0.1) is 11.3 Å². The van der Waals surface area contributed by atoms with Gasteiger partial charge in [0.2, 0.25) is 0 Å². The summed E-state index contributed by atoms with van der Waals surface area (Å²) in [6, 6.07) is 5.37. The molecule has 8 heteroatoms. The molecule has 0 aromatic carbocycles. The van der Waals surface area contributed by atoms with Crippen molar-refractivity contribution in [2.75, 3.05) is 13.1 Å². The van der Waals surface area contributed by atoms with Crippen molar-refractivity contribution in [3.63, 3.8) is 0 Å². The summed E-state index contributed by atoms with van der Waals surface area (Å²) in [5.74, 6) is 0.194. The van der Waals surface area contributed by atoms with Crippen LogP contribution in [-0.4, -0.2) is 35.8 Å². The van der Waals surface area contributed by atoms with E-state index in [2.05, 4.69) is 15.8 Å². The van der Waals surface area contributed by atoms with Crippen molar-refractivity contribution in [2.24, 2.45) is 0 Å². The van der Waals surface area contributed by atoms with Gasteiger partial charge in [-0.2, -0.15) is 0 Å². The fourth-order valence-corrected chi connectivity index (χ4v) is 2.34. The second-order valence-corrected chi connectivity index (χ2v) is 6.69. The number of thiophene rings is 1. The average Bonchev–Trinajstić information content (AvgIpc) is 3.10. The summed E-state index contributed by atoms with van der Waals surface area (Å²) in [5.41, 5.74) is -0.350. The number of carbonyl (C=O) groups is 2. The topological polar surface area (TPSA) is 93.5 Å². The Morgan fingerprint density at radius 3 is 2.70 bits per heavy atom. The van der Waals surface area contributed by atoms with Gasteiger partial charge in [-0.1, -0.05) is 11.2 Å². The molecule has 7 nitrogen and oxygen atoms in total. The molecule has 0 atom stereocenters. The largest absolute Gasteiger partial charge is 0.444 e. The number of ether oxygens (including phenoxy) is 1. The van der Waals surface area contributed by atoms with E-state index in [-0.39, 0.29) is 24.7 Å². The SMILES string of the molecule is CC(C)(C)OC(=O)NCCNC(=O)c1cc(-c2cccs2)on1. The highest BCUT2D eigenvalue weighted by Crippen LogP contribution is 2.24. The number of nitrogens with one attached hydrogen (secondary N) is 2. The van der Waals surface area contributed by atoms with E-state index in [0.717, 1.165) is 4.88 Å². The van der Waals surface area contributed by atoms with E-state index >= 15 is 0 Å². The van der Waals surface area contributed by atoms with Crippen LogP contribution in [0.15, 0.2) is 28.1 Å². The van der Waals surface area contributed by atoms with E-state index in [4.69, 9.17) is 9.26 Å². The van der Waals surface area contributed by atoms with E-state index in [1.165, 1.54) is 11.3 Å². The maximum atomic E-state index is 11.9. The van der Waals surface area contributed by atoms with Gasteiger partial charge in [0.15, 0.2) is 11.5 Å². The molecule has 0 bridgehead atoms. The lowest BCUT2D eigenvalue weighted by molar-refractivity contribution is 0.0526. The maximum absolute atomic E-state index is 11.9. The van der Waals surface area contributed by atoms with Crippen molar-refractivity contribution in [1.29, 1.82) is 0 Å². The molecule has 0 aliphatic heterocycles. The van der Waals surface area contributed by atoms with Crippen molar-refractivity contribution >= 4 is 23.3 Å². The van der Waals surface area contributed by atoms with Crippen LogP contribution in [0.4, 0.5) is 4.79 Å². The lowest BCUT2D eigenvalue weighted by atomic mass is 10.2. The fraction of sp³-hybridized carbons (Fsp3) is 0.400. The minimum atomic E-state index is -0.549. The molecule has 0 fully saturated rings. The van der Waals surface area contributed by atoms with Crippen LogP contribution in [0.2, 0.25) is 0 Å². The van der Waals surface area contributed by atoms with Crippen LogP contribution in [0, 0.1) is 0 Å². The predicted octanol–water partition coefficient (Wildman–Crippen LogP) is 2.66. The van der Waals surface area contributed by atoms with Crippen molar-refractivity contribution in [3.05, 3.63) is 29.3 Å². The molecule has 2 rings (SSSR count). The first-order valence-corrected chi connectivity index (χ1v) is 7.99. The van der Waals surface area contributed by atoms with Crippen molar-refractivity contribution < 1.29 is 18.8 Å². The zero-order valence-corrected chi connectivity index (χ0v) is 14.0. The Bertz CT molecular complexity index is 659. The summed E-state index contributed by atoms with van der Waals surface area (Å²) >= 11 is 1.50. The number of aromatic nitrogens is 1. The molecular formula is C15H19N3O4S. The minimum absolute atomic E-state index is 0.200. The molecule has 2 aromatic heterocycles. The van der Waals surface area contributed by atoms with Crippen molar-refractivity contribution in [2.45, 2.75) is 26.4 Å². The number of alkyl carbamates (subject to hydrolysis) is 1. The number of carbonyl (C=O) groups excluding carboxylic acids is 2. The predicted molar refractivity (Wildman–Crippen MR) is 86.4 cm³/mol. The Hall–Kier alpha value is -2.35. The van der Waals surface area contributed by atoms with Gasteiger partial charge in [-0.25, -0.2) is 4.79 Å². The first kappa shape index (κ1) is 17.0. The number of nitrogens with zero attached hydrogens (tertiary/aromatic N) is 1. The third kappa shape index (κ3) is 5.41. The summed E-state index contributed by atoms with van der Waals surface area (Å²) in [7, 11) is 0. The number of amides is 2.